The number of phenols is 2. The topological polar surface area (TPSA) is 57.5 Å². The van der Waals surface area contributed by atoms with Crippen LogP contribution in [0.1, 0.15) is 39.5 Å². The van der Waals surface area contributed by atoms with Crippen LogP contribution < -0.4 is 0 Å². The molecule has 3 nitrogen and oxygen atoms in total. The summed E-state index contributed by atoms with van der Waals surface area (Å²) in [7, 11) is 0. The molecule has 0 saturated carbocycles. The van der Waals surface area contributed by atoms with Gasteiger partial charge < -0.3 is 10.2 Å². The van der Waals surface area contributed by atoms with Crippen LogP contribution in [0.4, 0.5) is 0 Å². The van der Waals surface area contributed by atoms with Gasteiger partial charge in [-0.1, -0.05) is 18.2 Å². The van der Waals surface area contributed by atoms with E-state index >= 15 is 0 Å². The number of hydrogen-bond donors (Lipinski definition) is 2. The molecule has 0 amide bonds. The van der Waals surface area contributed by atoms with Crippen LogP contribution in [0.25, 0.3) is 0 Å². The second-order valence-electron chi connectivity index (χ2n) is 5.26. The number of hydrogen-bond acceptors (Lipinski definition) is 3. The van der Waals surface area contributed by atoms with Gasteiger partial charge in [-0.3, -0.25) is 4.79 Å². The van der Waals surface area contributed by atoms with Crippen molar-refractivity contribution in [1.29, 1.82) is 0 Å². The van der Waals surface area contributed by atoms with E-state index in [2.05, 4.69) is 0 Å². The molecule has 0 bridgehead atoms. The van der Waals surface area contributed by atoms with Crippen molar-refractivity contribution in [2.75, 3.05) is 0 Å². The van der Waals surface area contributed by atoms with E-state index in [1.807, 2.05) is 32.0 Å². The quantitative estimate of drug-likeness (QED) is 0.772. The lowest BCUT2D eigenvalue weighted by Gasteiger charge is -2.04. The minimum absolute atomic E-state index is 0.0289. The van der Waals surface area contributed by atoms with Crippen molar-refractivity contribution in [2.24, 2.45) is 0 Å². The molecule has 0 radical (unpaired) electrons. The van der Waals surface area contributed by atoms with E-state index in [-0.39, 0.29) is 11.5 Å². The van der Waals surface area contributed by atoms with Crippen LogP contribution in [0.3, 0.4) is 0 Å². The fourth-order valence-corrected chi connectivity index (χ4v) is 1.96. The predicted octanol–water partition coefficient (Wildman–Crippen LogP) is 4.22. The van der Waals surface area contributed by atoms with Gasteiger partial charge in [0.1, 0.15) is 11.5 Å². The van der Waals surface area contributed by atoms with Gasteiger partial charge in [-0.25, -0.2) is 0 Å². The van der Waals surface area contributed by atoms with Crippen LogP contribution in [0.15, 0.2) is 30.3 Å². The molecule has 0 heterocycles. The summed E-state index contributed by atoms with van der Waals surface area (Å²) in [5.41, 5.74) is 4.04. The monoisotopic (exact) mass is 286 g/mol. The number of ketones is 1. The van der Waals surface area contributed by atoms with Crippen LogP contribution in [0, 0.1) is 27.7 Å². The Balaban J connectivity index is 0.000000219. The van der Waals surface area contributed by atoms with Crippen molar-refractivity contribution in [3.8, 4) is 11.5 Å². The third kappa shape index (κ3) is 4.35. The summed E-state index contributed by atoms with van der Waals surface area (Å²) in [6.45, 7) is 8.87. The molecule has 3 heteroatoms. The first-order valence-electron chi connectivity index (χ1n) is 6.80. The fourth-order valence-electron chi connectivity index (χ4n) is 1.96. The predicted molar refractivity (Wildman–Crippen MR) is 85.2 cm³/mol. The van der Waals surface area contributed by atoms with Gasteiger partial charge in [0, 0.05) is 5.56 Å². The van der Waals surface area contributed by atoms with Crippen molar-refractivity contribution < 1.29 is 15.0 Å². The maximum Gasteiger partial charge on any atom is 0.159 e. The molecule has 0 aromatic heterocycles. The number of benzene rings is 2. The maximum atomic E-state index is 11.0. The zero-order valence-corrected chi connectivity index (χ0v) is 13.2. The molecule has 2 N–H and O–H groups in total. The molecule has 0 aliphatic heterocycles. The van der Waals surface area contributed by atoms with E-state index in [1.54, 1.807) is 26.0 Å². The molecular formula is C18H22O3. The Bertz CT molecular complexity index is 614. The fraction of sp³-hybridized carbons (Fsp3) is 0.278. The molecule has 0 aliphatic carbocycles. The van der Waals surface area contributed by atoms with Crippen LogP contribution in [0.5, 0.6) is 11.5 Å². The summed E-state index contributed by atoms with van der Waals surface area (Å²) < 4.78 is 0. The average Bonchev–Trinajstić information content (AvgIpc) is 2.42. The van der Waals surface area contributed by atoms with Crippen molar-refractivity contribution in [3.05, 3.63) is 58.1 Å². The first-order valence-corrected chi connectivity index (χ1v) is 6.80. The minimum Gasteiger partial charge on any atom is -0.507 e. The summed E-state index contributed by atoms with van der Waals surface area (Å²) >= 11 is 0. The molecule has 0 aliphatic rings. The molecule has 21 heavy (non-hydrogen) atoms. The number of phenolic OH excluding ortho intramolecular Hbond substituents is 2. The van der Waals surface area contributed by atoms with Crippen molar-refractivity contribution in [1.82, 2.24) is 0 Å². The standard InChI is InChI=1S/C10H12O2.C8H10O/c1-6-4-9(8(3)11)5-7(2)10(6)12;1-6-4-3-5-7(2)8(6)9/h4-5,12H,1-3H3;3-5,9H,1-2H3. The Morgan fingerprint density at radius 2 is 1.19 bits per heavy atom. The average molecular weight is 286 g/mol. The van der Waals surface area contributed by atoms with Crippen LogP contribution >= 0.6 is 0 Å². The van der Waals surface area contributed by atoms with Crippen LogP contribution in [-0.2, 0) is 0 Å². The lowest BCUT2D eigenvalue weighted by molar-refractivity contribution is 0.101. The van der Waals surface area contributed by atoms with E-state index in [9.17, 15) is 15.0 Å². The van der Waals surface area contributed by atoms with Crippen LogP contribution in [-0.4, -0.2) is 16.0 Å². The van der Waals surface area contributed by atoms with Gasteiger partial charge in [0.15, 0.2) is 5.78 Å². The number of carbonyl (C=O) groups excluding carboxylic acids is 1. The maximum absolute atomic E-state index is 11.0. The normalized spacial score (nSPS) is 9.76. The molecule has 0 fully saturated rings. The zero-order chi connectivity index (χ0) is 16.2. The highest BCUT2D eigenvalue weighted by atomic mass is 16.3. The third-order valence-corrected chi connectivity index (χ3v) is 3.34. The first kappa shape index (κ1) is 16.8. The highest BCUT2D eigenvalue weighted by molar-refractivity contribution is 5.94. The number of aromatic hydroxyl groups is 2. The SMILES string of the molecule is CC(=O)c1cc(C)c(O)c(C)c1.Cc1cccc(C)c1O. The third-order valence-electron chi connectivity index (χ3n) is 3.34. The molecule has 0 spiro atoms. The second kappa shape index (κ2) is 6.93. The molecule has 0 unspecified atom stereocenters. The van der Waals surface area contributed by atoms with E-state index in [0.717, 1.165) is 22.3 Å². The molecule has 2 aromatic rings. The summed E-state index contributed by atoms with van der Waals surface area (Å²) in [5, 5.41) is 18.6. The summed E-state index contributed by atoms with van der Waals surface area (Å²) in [5.74, 6) is 0.721. The Hall–Kier alpha value is -2.29. The Kier molecular flexibility index (Phi) is 5.53. The Morgan fingerprint density at radius 1 is 0.810 bits per heavy atom. The van der Waals surface area contributed by atoms with Gasteiger partial charge >= 0.3 is 0 Å². The number of rotatable bonds is 1. The Labute approximate surface area is 125 Å². The Morgan fingerprint density at radius 3 is 1.52 bits per heavy atom. The number of para-hydroxylation sites is 1. The number of Topliss-reactive ketones (excluding diaryl/α,β-unsaturated/α-hetero) is 1. The molecule has 112 valence electrons. The highest BCUT2D eigenvalue weighted by Gasteiger charge is 2.05. The first-order chi connectivity index (χ1) is 9.73. The van der Waals surface area contributed by atoms with E-state index in [1.165, 1.54) is 6.92 Å². The van der Waals surface area contributed by atoms with E-state index < -0.39 is 0 Å². The molecule has 0 saturated heterocycles. The molecule has 2 aromatic carbocycles. The lowest BCUT2D eigenvalue weighted by atomic mass is 10.0. The summed E-state index contributed by atoms with van der Waals surface area (Å²) in [4.78, 5) is 11.0. The smallest absolute Gasteiger partial charge is 0.159 e. The second-order valence-corrected chi connectivity index (χ2v) is 5.26. The van der Waals surface area contributed by atoms with Gasteiger partial charge in [0.05, 0.1) is 0 Å². The molecule has 2 rings (SSSR count). The van der Waals surface area contributed by atoms with Crippen molar-refractivity contribution >= 4 is 5.78 Å². The van der Waals surface area contributed by atoms with E-state index in [0.29, 0.717) is 11.3 Å². The van der Waals surface area contributed by atoms with Gasteiger partial charge in [0.25, 0.3) is 0 Å². The van der Waals surface area contributed by atoms with Gasteiger partial charge in [-0.2, -0.15) is 0 Å². The van der Waals surface area contributed by atoms with Gasteiger partial charge in [-0.05, 0) is 69.0 Å². The minimum atomic E-state index is 0.0289. The zero-order valence-electron chi connectivity index (χ0n) is 13.2. The highest BCUT2D eigenvalue weighted by Crippen LogP contribution is 2.22. The van der Waals surface area contributed by atoms with Crippen LogP contribution in [0.2, 0.25) is 0 Å². The largest absolute Gasteiger partial charge is 0.507 e. The lowest BCUT2D eigenvalue weighted by Crippen LogP contribution is -1.94. The summed E-state index contributed by atoms with van der Waals surface area (Å²) in [6, 6.07) is 9.12. The summed E-state index contributed by atoms with van der Waals surface area (Å²) in [6.07, 6.45) is 0. The van der Waals surface area contributed by atoms with Gasteiger partial charge in [-0.15, -0.1) is 0 Å². The number of carbonyl (C=O) groups is 1. The van der Waals surface area contributed by atoms with Gasteiger partial charge in [0.2, 0.25) is 0 Å². The number of aryl methyl sites for hydroxylation is 4. The molecule has 0 atom stereocenters. The molecular weight excluding hydrogens is 264 g/mol. The van der Waals surface area contributed by atoms with Crippen molar-refractivity contribution in [3.63, 3.8) is 0 Å². The van der Waals surface area contributed by atoms with E-state index in [4.69, 9.17) is 0 Å². The van der Waals surface area contributed by atoms with Crippen molar-refractivity contribution in [2.45, 2.75) is 34.6 Å².